The van der Waals surface area contributed by atoms with Gasteiger partial charge in [0, 0.05) is 35.9 Å². The van der Waals surface area contributed by atoms with E-state index < -0.39 is 0 Å². The number of benzene rings is 1. The molecule has 0 spiro atoms. The van der Waals surface area contributed by atoms with E-state index in [2.05, 4.69) is 36.2 Å². The zero-order valence-corrected chi connectivity index (χ0v) is 12.3. The monoisotopic (exact) mass is 266 g/mol. The Morgan fingerprint density at radius 1 is 1.28 bits per heavy atom. The van der Waals surface area contributed by atoms with Gasteiger partial charge in [0.2, 0.25) is 0 Å². The molecule has 0 bridgehead atoms. The van der Waals surface area contributed by atoms with Gasteiger partial charge < -0.3 is 10.2 Å². The summed E-state index contributed by atoms with van der Waals surface area (Å²) in [5.41, 5.74) is 3.01. The van der Waals surface area contributed by atoms with Gasteiger partial charge in [-0.05, 0) is 37.4 Å². The van der Waals surface area contributed by atoms with Crippen LogP contribution in [0.5, 0.6) is 0 Å². The number of anilines is 1. The Hall–Kier alpha value is -0.730. The predicted octanol–water partition coefficient (Wildman–Crippen LogP) is 3.69. The highest BCUT2D eigenvalue weighted by Gasteiger charge is 2.26. The maximum Gasteiger partial charge on any atom is 0.0471 e. The summed E-state index contributed by atoms with van der Waals surface area (Å²) in [6.07, 6.45) is 2.50. The second-order valence-electron chi connectivity index (χ2n) is 5.92. The molecule has 0 radical (unpaired) electrons. The van der Waals surface area contributed by atoms with E-state index in [4.69, 9.17) is 11.6 Å². The van der Waals surface area contributed by atoms with Gasteiger partial charge in [0.05, 0.1) is 0 Å². The highest BCUT2D eigenvalue weighted by molar-refractivity contribution is 6.31. The highest BCUT2D eigenvalue weighted by Crippen LogP contribution is 2.35. The largest absolute Gasteiger partial charge is 0.371 e. The number of rotatable bonds is 3. The molecule has 0 atom stereocenters. The van der Waals surface area contributed by atoms with Crippen molar-refractivity contribution >= 4 is 17.3 Å². The number of nitrogens with one attached hydrogen (secondary N) is 1. The summed E-state index contributed by atoms with van der Waals surface area (Å²) in [5.74, 6) is 0. The molecule has 0 unspecified atom stereocenters. The highest BCUT2D eigenvalue weighted by atomic mass is 35.5. The summed E-state index contributed by atoms with van der Waals surface area (Å²) in [5, 5.41) is 4.08. The predicted molar refractivity (Wildman–Crippen MR) is 79.4 cm³/mol. The molecular weight excluding hydrogens is 244 g/mol. The summed E-state index contributed by atoms with van der Waals surface area (Å²) in [6, 6.07) is 6.22. The number of hydrogen-bond donors (Lipinski definition) is 1. The number of nitrogens with zero attached hydrogens (tertiary/aromatic N) is 1. The van der Waals surface area contributed by atoms with Crippen LogP contribution in [0.4, 0.5) is 5.69 Å². The summed E-state index contributed by atoms with van der Waals surface area (Å²) in [4.78, 5) is 2.48. The van der Waals surface area contributed by atoms with Crippen molar-refractivity contribution in [2.75, 3.05) is 25.0 Å². The van der Waals surface area contributed by atoms with Crippen LogP contribution in [0.1, 0.15) is 32.3 Å². The lowest BCUT2D eigenvalue weighted by Crippen LogP contribution is -2.38. The molecule has 2 rings (SSSR count). The van der Waals surface area contributed by atoms with Crippen molar-refractivity contribution in [1.82, 2.24) is 5.32 Å². The lowest BCUT2D eigenvalue weighted by molar-refractivity contribution is 0.279. The van der Waals surface area contributed by atoms with E-state index in [1.54, 1.807) is 0 Å². The van der Waals surface area contributed by atoms with Crippen LogP contribution in [-0.4, -0.2) is 20.1 Å². The minimum absolute atomic E-state index is 0.484. The molecule has 1 heterocycles. The van der Waals surface area contributed by atoms with E-state index in [0.717, 1.165) is 24.7 Å². The van der Waals surface area contributed by atoms with Crippen molar-refractivity contribution in [3.05, 3.63) is 28.8 Å². The molecule has 1 N–H and O–H groups in total. The summed E-state index contributed by atoms with van der Waals surface area (Å²) >= 11 is 6.32. The van der Waals surface area contributed by atoms with Gasteiger partial charge in [-0.25, -0.2) is 0 Å². The average Bonchev–Trinajstić information content (AvgIpc) is 2.32. The van der Waals surface area contributed by atoms with E-state index in [1.807, 2.05) is 13.1 Å². The Kier molecular flexibility index (Phi) is 4.18. The van der Waals surface area contributed by atoms with Crippen molar-refractivity contribution in [1.29, 1.82) is 0 Å². The zero-order valence-electron chi connectivity index (χ0n) is 11.6. The fraction of sp³-hybridized carbons (Fsp3) is 0.600. The quantitative estimate of drug-likeness (QED) is 0.898. The first-order valence-corrected chi connectivity index (χ1v) is 7.08. The van der Waals surface area contributed by atoms with E-state index in [9.17, 15) is 0 Å². The van der Waals surface area contributed by atoms with E-state index in [0.29, 0.717) is 5.41 Å². The molecule has 0 aliphatic carbocycles. The van der Waals surface area contributed by atoms with Crippen LogP contribution in [0.25, 0.3) is 0 Å². The van der Waals surface area contributed by atoms with Crippen LogP contribution >= 0.6 is 11.6 Å². The molecule has 1 aromatic carbocycles. The average molecular weight is 267 g/mol. The van der Waals surface area contributed by atoms with Gasteiger partial charge in [-0.1, -0.05) is 31.5 Å². The Balaban J connectivity index is 2.21. The molecule has 1 aliphatic rings. The van der Waals surface area contributed by atoms with Crippen molar-refractivity contribution in [3.63, 3.8) is 0 Å². The van der Waals surface area contributed by atoms with Crippen LogP contribution in [0, 0.1) is 5.41 Å². The van der Waals surface area contributed by atoms with Gasteiger partial charge in [-0.2, -0.15) is 0 Å². The third kappa shape index (κ3) is 2.99. The maximum atomic E-state index is 6.32. The molecule has 0 aromatic heterocycles. The van der Waals surface area contributed by atoms with Gasteiger partial charge in [-0.15, -0.1) is 0 Å². The SMILES string of the molecule is CNCc1c(Cl)cccc1N1CCC(C)(C)CC1. The van der Waals surface area contributed by atoms with E-state index in [-0.39, 0.29) is 0 Å². The second-order valence-corrected chi connectivity index (χ2v) is 6.33. The third-order valence-electron chi connectivity index (χ3n) is 3.91. The molecule has 1 fully saturated rings. The normalized spacial score (nSPS) is 19.0. The zero-order chi connectivity index (χ0) is 13.2. The van der Waals surface area contributed by atoms with Gasteiger partial charge >= 0.3 is 0 Å². The maximum absolute atomic E-state index is 6.32. The Morgan fingerprint density at radius 3 is 2.56 bits per heavy atom. The summed E-state index contributed by atoms with van der Waals surface area (Å²) < 4.78 is 0. The Bertz CT molecular complexity index is 405. The van der Waals surface area contributed by atoms with Gasteiger partial charge in [0.25, 0.3) is 0 Å². The number of halogens is 1. The lowest BCUT2D eigenvalue weighted by Gasteiger charge is -2.39. The molecule has 2 nitrogen and oxygen atoms in total. The molecule has 1 aromatic rings. The molecular formula is C15H23ClN2. The molecule has 1 aliphatic heterocycles. The van der Waals surface area contributed by atoms with Crippen LogP contribution in [0.15, 0.2) is 18.2 Å². The summed E-state index contributed by atoms with van der Waals surface area (Å²) in [6.45, 7) is 7.80. The van der Waals surface area contributed by atoms with Gasteiger partial charge in [0.1, 0.15) is 0 Å². The first-order valence-electron chi connectivity index (χ1n) is 6.70. The molecule has 100 valence electrons. The first kappa shape index (κ1) is 13.7. The molecule has 3 heteroatoms. The second kappa shape index (κ2) is 5.50. The molecule has 0 amide bonds. The van der Waals surface area contributed by atoms with E-state index >= 15 is 0 Å². The van der Waals surface area contributed by atoms with Crippen molar-refractivity contribution < 1.29 is 0 Å². The van der Waals surface area contributed by atoms with Crippen LogP contribution in [0.3, 0.4) is 0 Å². The lowest BCUT2D eigenvalue weighted by atomic mass is 9.82. The first-order chi connectivity index (χ1) is 8.53. The van der Waals surface area contributed by atoms with Crippen molar-refractivity contribution in [2.24, 2.45) is 5.41 Å². The van der Waals surface area contributed by atoms with Crippen LogP contribution in [0.2, 0.25) is 5.02 Å². The van der Waals surface area contributed by atoms with E-state index in [1.165, 1.54) is 24.1 Å². The molecule has 1 saturated heterocycles. The fourth-order valence-corrected chi connectivity index (χ4v) is 2.78. The van der Waals surface area contributed by atoms with Crippen LogP contribution < -0.4 is 10.2 Å². The summed E-state index contributed by atoms with van der Waals surface area (Å²) in [7, 11) is 1.96. The number of piperidine rings is 1. The van der Waals surface area contributed by atoms with Crippen molar-refractivity contribution in [2.45, 2.75) is 33.2 Å². The fourth-order valence-electron chi connectivity index (χ4n) is 2.55. The minimum Gasteiger partial charge on any atom is -0.371 e. The Labute approximate surface area is 115 Å². The standard InChI is InChI=1S/C15H23ClN2/c1-15(2)7-9-18(10-8-15)14-6-4-5-13(16)12(14)11-17-3/h4-6,17H,7-11H2,1-3H3. The van der Waals surface area contributed by atoms with Crippen molar-refractivity contribution in [3.8, 4) is 0 Å². The molecule has 18 heavy (non-hydrogen) atoms. The van der Waals surface area contributed by atoms with Gasteiger partial charge in [0.15, 0.2) is 0 Å². The topological polar surface area (TPSA) is 15.3 Å². The smallest absolute Gasteiger partial charge is 0.0471 e. The van der Waals surface area contributed by atoms with Gasteiger partial charge in [-0.3, -0.25) is 0 Å². The number of hydrogen-bond acceptors (Lipinski definition) is 2. The Morgan fingerprint density at radius 2 is 1.94 bits per heavy atom. The third-order valence-corrected chi connectivity index (χ3v) is 4.26. The van der Waals surface area contributed by atoms with Crippen LogP contribution in [-0.2, 0) is 6.54 Å². The minimum atomic E-state index is 0.484. The molecule has 0 saturated carbocycles.